The van der Waals surface area contributed by atoms with Crippen LogP contribution in [-0.4, -0.2) is 32.0 Å². The summed E-state index contributed by atoms with van der Waals surface area (Å²) in [7, 11) is -4.01. The lowest BCUT2D eigenvalue weighted by atomic mass is 10.0. The van der Waals surface area contributed by atoms with Gasteiger partial charge in [-0.15, -0.1) is 12.4 Å². The summed E-state index contributed by atoms with van der Waals surface area (Å²) in [5, 5.41) is 14.3. The van der Waals surface area contributed by atoms with E-state index in [9.17, 15) is 18.5 Å². The van der Waals surface area contributed by atoms with Gasteiger partial charge in [0, 0.05) is 23.2 Å². The first-order valence-electron chi connectivity index (χ1n) is 6.51. The number of sulfonamides is 1. The summed E-state index contributed by atoms with van der Waals surface area (Å²) in [4.78, 5) is 9.86. The zero-order chi connectivity index (χ0) is 15.6. The van der Waals surface area contributed by atoms with E-state index in [4.69, 9.17) is 11.6 Å². The predicted molar refractivity (Wildman–Crippen MR) is 86.2 cm³/mol. The zero-order valence-corrected chi connectivity index (χ0v) is 14.2. The molecule has 2 atom stereocenters. The molecule has 22 heavy (non-hydrogen) atoms. The molecule has 1 aromatic rings. The van der Waals surface area contributed by atoms with Crippen molar-refractivity contribution in [3.8, 4) is 0 Å². The molecule has 0 bridgehead atoms. The van der Waals surface area contributed by atoms with Gasteiger partial charge in [-0.1, -0.05) is 11.6 Å². The standard InChI is InChI=1S/C12H16ClN3O4S.ClH/c1-8-10(3-2-6-14-8)15-21(19,20)12-7-9(13)4-5-11(12)16(17)18;/h4-5,7-8,10,14-15H,2-3,6H2,1H3;1H. The van der Waals surface area contributed by atoms with Crippen molar-refractivity contribution in [2.75, 3.05) is 6.54 Å². The number of halogens is 2. The topological polar surface area (TPSA) is 101 Å². The summed E-state index contributed by atoms with van der Waals surface area (Å²) >= 11 is 5.77. The van der Waals surface area contributed by atoms with Crippen molar-refractivity contribution in [2.45, 2.75) is 36.7 Å². The summed E-state index contributed by atoms with van der Waals surface area (Å²) in [5.74, 6) is 0. The van der Waals surface area contributed by atoms with Crippen molar-refractivity contribution in [3.05, 3.63) is 33.3 Å². The van der Waals surface area contributed by atoms with E-state index < -0.39 is 25.5 Å². The smallest absolute Gasteiger partial charge is 0.289 e. The van der Waals surface area contributed by atoms with E-state index in [1.54, 1.807) is 0 Å². The van der Waals surface area contributed by atoms with E-state index in [0.29, 0.717) is 6.42 Å². The van der Waals surface area contributed by atoms with E-state index >= 15 is 0 Å². The molecule has 0 spiro atoms. The molecule has 0 aliphatic carbocycles. The van der Waals surface area contributed by atoms with Gasteiger partial charge in [0.05, 0.1) is 4.92 Å². The van der Waals surface area contributed by atoms with E-state index in [0.717, 1.165) is 25.1 Å². The highest BCUT2D eigenvalue weighted by atomic mass is 35.5. The van der Waals surface area contributed by atoms with Crippen molar-refractivity contribution in [1.82, 2.24) is 10.0 Å². The lowest BCUT2D eigenvalue weighted by molar-refractivity contribution is -0.387. The molecule has 1 heterocycles. The molecule has 1 aliphatic rings. The zero-order valence-electron chi connectivity index (χ0n) is 11.8. The molecule has 0 radical (unpaired) electrons. The van der Waals surface area contributed by atoms with E-state index in [2.05, 4.69) is 10.0 Å². The molecule has 0 amide bonds. The molecule has 2 unspecified atom stereocenters. The average molecular weight is 370 g/mol. The summed E-state index contributed by atoms with van der Waals surface area (Å²) in [6.45, 7) is 2.70. The number of hydrogen-bond donors (Lipinski definition) is 2. The molecule has 0 aromatic heterocycles. The van der Waals surface area contributed by atoms with Crippen molar-refractivity contribution >= 4 is 39.7 Å². The van der Waals surface area contributed by atoms with Crippen molar-refractivity contribution in [2.24, 2.45) is 0 Å². The van der Waals surface area contributed by atoms with E-state index in [1.165, 1.54) is 6.07 Å². The molecule has 1 saturated heterocycles. The molecular formula is C12H17Cl2N3O4S. The van der Waals surface area contributed by atoms with Gasteiger partial charge in [-0.25, -0.2) is 13.1 Å². The minimum atomic E-state index is -4.01. The predicted octanol–water partition coefficient (Wildman–Crippen LogP) is 2.09. The largest absolute Gasteiger partial charge is 0.313 e. The highest BCUT2D eigenvalue weighted by Gasteiger charge is 2.31. The Balaban J connectivity index is 0.00000242. The number of nitrogens with one attached hydrogen (secondary N) is 2. The second kappa shape index (κ2) is 7.56. The Morgan fingerprint density at radius 2 is 2.14 bits per heavy atom. The first-order chi connectivity index (χ1) is 9.81. The Morgan fingerprint density at radius 1 is 1.45 bits per heavy atom. The lowest BCUT2D eigenvalue weighted by Crippen LogP contribution is -2.51. The van der Waals surface area contributed by atoms with Crippen LogP contribution in [0.5, 0.6) is 0 Å². The molecule has 1 aromatic carbocycles. The third kappa shape index (κ3) is 4.30. The Kier molecular flexibility index (Phi) is 6.57. The van der Waals surface area contributed by atoms with Crippen LogP contribution < -0.4 is 10.0 Å². The van der Waals surface area contributed by atoms with Gasteiger partial charge in [0.2, 0.25) is 10.0 Å². The molecule has 124 valence electrons. The number of nitrogens with zero attached hydrogens (tertiary/aromatic N) is 1. The molecule has 1 aliphatic heterocycles. The van der Waals surface area contributed by atoms with Crippen molar-refractivity contribution < 1.29 is 13.3 Å². The van der Waals surface area contributed by atoms with E-state index in [1.807, 2.05) is 6.92 Å². The van der Waals surface area contributed by atoms with Crippen LogP contribution in [0.25, 0.3) is 0 Å². The van der Waals surface area contributed by atoms with Crippen LogP contribution in [0.3, 0.4) is 0 Å². The third-order valence-electron chi connectivity index (χ3n) is 3.48. The fraction of sp³-hybridized carbons (Fsp3) is 0.500. The monoisotopic (exact) mass is 369 g/mol. The maximum absolute atomic E-state index is 12.4. The van der Waals surface area contributed by atoms with Gasteiger partial charge >= 0.3 is 0 Å². The van der Waals surface area contributed by atoms with Crippen LogP contribution in [-0.2, 0) is 10.0 Å². The van der Waals surface area contributed by atoms with Gasteiger partial charge in [-0.2, -0.15) is 0 Å². The van der Waals surface area contributed by atoms with Crippen molar-refractivity contribution in [3.63, 3.8) is 0 Å². The van der Waals surface area contributed by atoms with Gasteiger partial charge in [-0.3, -0.25) is 10.1 Å². The van der Waals surface area contributed by atoms with Gasteiger partial charge < -0.3 is 5.32 Å². The van der Waals surface area contributed by atoms with Crippen LogP contribution in [0.15, 0.2) is 23.1 Å². The molecule has 1 fully saturated rings. The summed E-state index contributed by atoms with van der Waals surface area (Å²) in [6, 6.07) is 3.15. The number of nitro benzene ring substituents is 1. The Hall–Kier alpha value is -0.930. The Morgan fingerprint density at radius 3 is 2.73 bits per heavy atom. The summed E-state index contributed by atoms with van der Waals surface area (Å²) in [5.41, 5.74) is -0.483. The van der Waals surface area contributed by atoms with Gasteiger partial charge in [0.15, 0.2) is 4.90 Å². The summed E-state index contributed by atoms with van der Waals surface area (Å²) < 4.78 is 27.4. The van der Waals surface area contributed by atoms with E-state index in [-0.39, 0.29) is 29.5 Å². The molecule has 2 rings (SSSR count). The number of piperidine rings is 1. The first-order valence-corrected chi connectivity index (χ1v) is 8.37. The SMILES string of the molecule is CC1NCCCC1NS(=O)(=O)c1cc(Cl)ccc1[N+](=O)[O-].Cl. The highest BCUT2D eigenvalue weighted by molar-refractivity contribution is 7.89. The fourth-order valence-corrected chi connectivity index (χ4v) is 4.11. The van der Waals surface area contributed by atoms with Crippen LogP contribution in [0.2, 0.25) is 5.02 Å². The average Bonchev–Trinajstić information content (AvgIpc) is 2.41. The Bertz CT molecular complexity index is 654. The molecule has 0 saturated carbocycles. The quantitative estimate of drug-likeness (QED) is 0.624. The minimum Gasteiger partial charge on any atom is -0.313 e. The number of hydrogen-bond acceptors (Lipinski definition) is 5. The Labute approximate surface area is 140 Å². The molecular weight excluding hydrogens is 353 g/mol. The van der Waals surface area contributed by atoms with Gasteiger partial charge in [0.1, 0.15) is 0 Å². The van der Waals surface area contributed by atoms with Crippen molar-refractivity contribution in [1.29, 1.82) is 0 Å². The van der Waals surface area contributed by atoms with Gasteiger partial charge in [0.25, 0.3) is 5.69 Å². The van der Waals surface area contributed by atoms with Crippen LogP contribution in [0.4, 0.5) is 5.69 Å². The third-order valence-corrected chi connectivity index (χ3v) is 5.23. The molecule has 2 N–H and O–H groups in total. The molecule has 10 heteroatoms. The number of rotatable bonds is 4. The lowest BCUT2D eigenvalue weighted by Gasteiger charge is -2.30. The minimum absolute atomic E-state index is 0. The summed E-state index contributed by atoms with van der Waals surface area (Å²) in [6.07, 6.45) is 1.52. The van der Waals surface area contributed by atoms with Gasteiger partial charge in [-0.05, 0) is 38.4 Å². The van der Waals surface area contributed by atoms with Crippen LogP contribution in [0.1, 0.15) is 19.8 Å². The maximum Gasteiger partial charge on any atom is 0.289 e. The molecule has 7 nitrogen and oxygen atoms in total. The second-order valence-electron chi connectivity index (χ2n) is 4.98. The number of benzene rings is 1. The van der Waals surface area contributed by atoms with Crippen LogP contribution in [0, 0.1) is 10.1 Å². The maximum atomic E-state index is 12.4. The highest BCUT2D eigenvalue weighted by Crippen LogP contribution is 2.27. The first kappa shape index (κ1) is 19.1. The second-order valence-corrected chi connectivity index (χ2v) is 7.10. The normalized spacial score (nSPS) is 21.9. The fourth-order valence-electron chi connectivity index (χ4n) is 2.32. The van der Waals surface area contributed by atoms with Crippen LogP contribution >= 0.6 is 24.0 Å². The number of nitro groups is 1.